The number of nitrogen functional groups attached to an aromatic ring is 1. The first kappa shape index (κ1) is 14.6. The van der Waals surface area contributed by atoms with Crippen LogP contribution >= 0.6 is 23.1 Å². The molecular weight excluding hydrogens is 310 g/mol. The van der Waals surface area contributed by atoms with E-state index in [2.05, 4.69) is 4.72 Å². The van der Waals surface area contributed by atoms with Crippen LogP contribution in [0.5, 0.6) is 0 Å². The number of nitrogens with two attached hydrogens (primary N) is 1. The largest absolute Gasteiger partial charge is 0.385 e. The van der Waals surface area contributed by atoms with Crippen molar-refractivity contribution in [2.45, 2.75) is 10.6 Å². The van der Waals surface area contributed by atoms with Gasteiger partial charge in [0.15, 0.2) is 5.00 Å². The molecule has 1 aromatic rings. The van der Waals surface area contributed by atoms with Crippen LogP contribution in [-0.2, 0) is 10.0 Å². The van der Waals surface area contributed by atoms with Gasteiger partial charge in [0.2, 0.25) is 10.0 Å². The van der Waals surface area contributed by atoms with E-state index in [-0.39, 0.29) is 14.9 Å². The minimum absolute atomic E-state index is 0.0956. The van der Waals surface area contributed by atoms with Gasteiger partial charge >= 0.3 is 5.69 Å². The van der Waals surface area contributed by atoms with Gasteiger partial charge in [0.1, 0.15) is 4.21 Å². The maximum absolute atomic E-state index is 12.0. The van der Waals surface area contributed by atoms with Crippen LogP contribution in [0.15, 0.2) is 10.3 Å². The summed E-state index contributed by atoms with van der Waals surface area (Å²) in [6.45, 7) is 0.362. The standard InChI is InChI=1S/C9H13N3O4S3/c10-9-7(12(13)14)3-8(18-9)19(15,16)11-4-6-1-2-17-5-6/h3,6,11H,1-2,4-5,10H2. The van der Waals surface area contributed by atoms with Gasteiger partial charge in [-0.3, -0.25) is 10.1 Å². The van der Waals surface area contributed by atoms with Gasteiger partial charge in [-0.05, 0) is 23.8 Å². The second-order valence-corrected chi connectivity index (χ2v) is 8.38. The van der Waals surface area contributed by atoms with Gasteiger partial charge in [-0.1, -0.05) is 11.3 Å². The highest BCUT2D eigenvalue weighted by molar-refractivity contribution is 7.99. The third-order valence-electron chi connectivity index (χ3n) is 2.77. The molecule has 1 aromatic heterocycles. The lowest BCUT2D eigenvalue weighted by atomic mass is 10.1. The normalized spacial score (nSPS) is 19.7. The summed E-state index contributed by atoms with van der Waals surface area (Å²) < 4.78 is 26.4. The van der Waals surface area contributed by atoms with Crippen molar-refractivity contribution < 1.29 is 13.3 Å². The molecule has 1 aliphatic heterocycles. The molecule has 0 aromatic carbocycles. The van der Waals surface area contributed by atoms with Crippen LogP contribution in [-0.4, -0.2) is 31.4 Å². The van der Waals surface area contributed by atoms with Crippen LogP contribution in [0.25, 0.3) is 0 Å². The lowest BCUT2D eigenvalue weighted by molar-refractivity contribution is -0.383. The van der Waals surface area contributed by atoms with E-state index < -0.39 is 14.9 Å². The summed E-state index contributed by atoms with van der Waals surface area (Å²) in [5.74, 6) is 2.31. The Hall–Kier alpha value is -0.840. The maximum Gasteiger partial charge on any atom is 0.304 e. The Morgan fingerprint density at radius 1 is 1.58 bits per heavy atom. The summed E-state index contributed by atoms with van der Waals surface area (Å²) in [5.41, 5.74) is 5.08. The predicted molar refractivity (Wildman–Crippen MR) is 76.0 cm³/mol. The van der Waals surface area contributed by atoms with Crippen LogP contribution in [0, 0.1) is 16.0 Å². The topological polar surface area (TPSA) is 115 Å². The molecular formula is C9H13N3O4S3. The average molecular weight is 323 g/mol. The van der Waals surface area contributed by atoms with Gasteiger partial charge in [-0.15, -0.1) is 0 Å². The molecule has 0 radical (unpaired) electrons. The van der Waals surface area contributed by atoms with Crippen molar-refractivity contribution in [3.8, 4) is 0 Å². The van der Waals surface area contributed by atoms with Crippen LogP contribution in [0.2, 0.25) is 0 Å². The fourth-order valence-electron chi connectivity index (χ4n) is 1.69. The van der Waals surface area contributed by atoms with Crippen LogP contribution in [0.3, 0.4) is 0 Å². The average Bonchev–Trinajstić information content (AvgIpc) is 2.95. The first-order valence-electron chi connectivity index (χ1n) is 5.51. The maximum atomic E-state index is 12.0. The van der Waals surface area contributed by atoms with Crippen molar-refractivity contribution in [3.05, 3.63) is 16.2 Å². The third kappa shape index (κ3) is 3.38. The zero-order valence-electron chi connectivity index (χ0n) is 9.87. The molecule has 1 unspecified atom stereocenters. The SMILES string of the molecule is Nc1sc(S(=O)(=O)NCC2CCSC2)cc1[N+](=O)[O-]. The van der Waals surface area contributed by atoms with E-state index in [0.717, 1.165) is 24.0 Å². The second kappa shape index (κ2) is 5.65. The van der Waals surface area contributed by atoms with Crippen molar-refractivity contribution in [3.63, 3.8) is 0 Å². The van der Waals surface area contributed by atoms with Crippen molar-refractivity contribution in [1.82, 2.24) is 4.72 Å². The zero-order valence-corrected chi connectivity index (χ0v) is 12.3. The second-order valence-electron chi connectivity index (χ2n) is 4.15. The van der Waals surface area contributed by atoms with E-state index in [1.807, 2.05) is 0 Å². The number of thiophene rings is 1. The Labute approximate surface area is 118 Å². The Morgan fingerprint density at radius 2 is 2.32 bits per heavy atom. The van der Waals surface area contributed by atoms with E-state index in [9.17, 15) is 18.5 Å². The van der Waals surface area contributed by atoms with E-state index in [4.69, 9.17) is 5.73 Å². The van der Waals surface area contributed by atoms with E-state index >= 15 is 0 Å². The zero-order chi connectivity index (χ0) is 14.0. The highest BCUT2D eigenvalue weighted by Gasteiger charge is 2.26. The summed E-state index contributed by atoms with van der Waals surface area (Å²) in [5, 5.41) is 10.5. The smallest absolute Gasteiger partial charge is 0.304 e. The fourth-order valence-corrected chi connectivity index (χ4v) is 5.35. The molecule has 3 N–H and O–H groups in total. The number of thioether (sulfide) groups is 1. The molecule has 1 atom stereocenters. The molecule has 2 rings (SSSR count). The first-order valence-corrected chi connectivity index (χ1v) is 8.96. The molecule has 106 valence electrons. The summed E-state index contributed by atoms with van der Waals surface area (Å²) >= 11 is 2.51. The number of nitro groups is 1. The molecule has 0 bridgehead atoms. The molecule has 0 spiro atoms. The van der Waals surface area contributed by atoms with Gasteiger partial charge < -0.3 is 5.73 Å². The Morgan fingerprint density at radius 3 is 2.84 bits per heavy atom. The monoisotopic (exact) mass is 323 g/mol. The number of hydrogen-bond acceptors (Lipinski definition) is 7. The number of rotatable bonds is 5. The number of sulfonamides is 1. The molecule has 19 heavy (non-hydrogen) atoms. The number of hydrogen-bond donors (Lipinski definition) is 2. The minimum Gasteiger partial charge on any atom is -0.385 e. The third-order valence-corrected chi connectivity index (χ3v) is 6.85. The molecule has 0 saturated carbocycles. The van der Waals surface area contributed by atoms with Crippen molar-refractivity contribution in [2.24, 2.45) is 5.92 Å². The van der Waals surface area contributed by atoms with Gasteiger partial charge in [0, 0.05) is 12.6 Å². The molecule has 1 fully saturated rings. The predicted octanol–water partition coefficient (Wildman–Crippen LogP) is 1.27. The molecule has 0 aliphatic carbocycles. The first-order chi connectivity index (χ1) is 8.90. The summed E-state index contributed by atoms with van der Waals surface area (Å²) in [6, 6.07) is 1.01. The van der Waals surface area contributed by atoms with Crippen LogP contribution in [0.1, 0.15) is 6.42 Å². The summed E-state index contributed by atoms with van der Waals surface area (Å²) in [4.78, 5) is 9.96. The minimum atomic E-state index is -3.71. The van der Waals surface area contributed by atoms with Gasteiger partial charge in [-0.2, -0.15) is 11.8 Å². The molecule has 1 aliphatic rings. The highest BCUT2D eigenvalue weighted by Crippen LogP contribution is 2.34. The molecule has 1 saturated heterocycles. The van der Waals surface area contributed by atoms with Gasteiger partial charge in [-0.25, -0.2) is 13.1 Å². The quantitative estimate of drug-likeness (QED) is 0.623. The highest BCUT2D eigenvalue weighted by atomic mass is 32.2. The Bertz CT molecular complexity index is 578. The lowest BCUT2D eigenvalue weighted by Crippen LogP contribution is -2.28. The summed E-state index contributed by atoms with van der Waals surface area (Å²) in [7, 11) is -3.71. The Kier molecular flexibility index (Phi) is 4.33. The Balaban J connectivity index is 2.10. The van der Waals surface area contributed by atoms with Crippen molar-refractivity contribution in [1.29, 1.82) is 0 Å². The number of anilines is 1. The van der Waals surface area contributed by atoms with E-state index in [0.29, 0.717) is 23.8 Å². The van der Waals surface area contributed by atoms with E-state index in [1.54, 1.807) is 11.8 Å². The molecule has 10 heteroatoms. The van der Waals surface area contributed by atoms with Crippen molar-refractivity contribution >= 4 is 43.8 Å². The van der Waals surface area contributed by atoms with Gasteiger partial charge in [0.25, 0.3) is 0 Å². The number of nitrogens with zero attached hydrogens (tertiary/aromatic N) is 1. The van der Waals surface area contributed by atoms with Gasteiger partial charge in [0.05, 0.1) is 4.92 Å². The van der Waals surface area contributed by atoms with E-state index in [1.165, 1.54) is 0 Å². The van der Waals surface area contributed by atoms with Crippen molar-refractivity contribution in [2.75, 3.05) is 23.8 Å². The summed E-state index contributed by atoms with van der Waals surface area (Å²) in [6.07, 6.45) is 0.986. The van der Waals surface area contributed by atoms with Crippen LogP contribution < -0.4 is 10.5 Å². The molecule has 7 nitrogen and oxygen atoms in total. The molecule has 2 heterocycles. The molecule has 0 amide bonds. The fraction of sp³-hybridized carbons (Fsp3) is 0.556. The van der Waals surface area contributed by atoms with Crippen LogP contribution in [0.4, 0.5) is 10.7 Å². The number of nitrogens with one attached hydrogen (secondary N) is 1. The lowest BCUT2D eigenvalue weighted by Gasteiger charge is -2.09.